The minimum absolute atomic E-state index is 0.227. The van der Waals surface area contributed by atoms with Crippen LogP contribution in [0.1, 0.15) is 69.2 Å². The SMILES string of the molecule is CCCCCCCCCOc1ccc(C(=O)NC(CO)C(C)=N)cc1. The quantitative estimate of drug-likeness (QED) is 0.373. The Bertz CT molecular complexity index is 514. The molecule has 1 aromatic rings. The van der Waals surface area contributed by atoms with Crippen LogP contribution in [-0.4, -0.2) is 36.0 Å². The third kappa shape index (κ3) is 8.68. The van der Waals surface area contributed by atoms with Crippen molar-refractivity contribution in [1.82, 2.24) is 5.32 Å². The van der Waals surface area contributed by atoms with Crippen LogP contribution in [0.2, 0.25) is 0 Å². The number of amides is 1. The number of rotatable bonds is 13. The Hall–Kier alpha value is -1.88. The van der Waals surface area contributed by atoms with Crippen molar-refractivity contribution in [3.05, 3.63) is 29.8 Å². The van der Waals surface area contributed by atoms with Gasteiger partial charge in [0.2, 0.25) is 0 Å². The lowest BCUT2D eigenvalue weighted by molar-refractivity contribution is 0.0933. The van der Waals surface area contributed by atoms with Crippen LogP contribution in [0.25, 0.3) is 0 Å². The van der Waals surface area contributed by atoms with E-state index < -0.39 is 6.04 Å². The van der Waals surface area contributed by atoms with Crippen molar-refractivity contribution < 1.29 is 14.6 Å². The summed E-state index contributed by atoms with van der Waals surface area (Å²) >= 11 is 0. The zero-order chi connectivity index (χ0) is 18.5. The standard InChI is InChI=1S/C20H32N2O3/c1-3-4-5-6-7-8-9-14-25-18-12-10-17(11-13-18)20(24)22-19(15-23)16(2)21/h10-13,19,21,23H,3-9,14-15H2,1-2H3,(H,22,24). The molecule has 1 amide bonds. The highest BCUT2D eigenvalue weighted by Crippen LogP contribution is 2.14. The molecule has 140 valence electrons. The van der Waals surface area contributed by atoms with Gasteiger partial charge in [0.05, 0.1) is 19.3 Å². The second kappa shape index (κ2) is 12.5. The van der Waals surface area contributed by atoms with E-state index in [-0.39, 0.29) is 18.2 Å². The third-order valence-corrected chi connectivity index (χ3v) is 4.14. The van der Waals surface area contributed by atoms with Gasteiger partial charge in [-0.15, -0.1) is 0 Å². The summed E-state index contributed by atoms with van der Waals surface area (Å²) in [5, 5.41) is 19.3. The summed E-state index contributed by atoms with van der Waals surface area (Å²) in [6, 6.07) is 6.32. The summed E-state index contributed by atoms with van der Waals surface area (Å²) in [6.45, 7) is 4.20. The monoisotopic (exact) mass is 348 g/mol. The van der Waals surface area contributed by atoms with Crippen LogP contribution in [0.15, 0.2) is 24.3 Å². The highest BCUT2D eigenvalue weighted by Gasteiger charge is 2.14. The largest absolute Gasteiger partial charge is 0.494 e. The zero-order valence-electron chi connectivity index (χ0n) is 15.5. The fraction of sp³-hybridized carbons (Fsp3) is 0.600. The number of aliphatic hydroxyl groups excluding tert-OH is 1. The number of hydrogen-bond donors (Lipinski definition) is 3. The number of benzene rings is 1. The van der Waals surface area contributed by atoms with Crippen LogP contribution in [0.4, 0.5) is 0 Å². The van der Waals surface area contributed by atoms with Gasteiger partial charge in [0.15, 0.2) is 0 Å². The van der Waals surface area contributed by atoms with Gasteiger partial charge >= 0.3 is 0 Å². The number of carbonyl (C=O) groups is 1. The maximum absolute atomic E-state index is 12.1. The number of aliphatic hydroxyl groups is 1. The first-order valence-electron chi connectivity index (χ1n) is 9.28. The van der Waals surface area contributed by atoms with E-state index in [0.717, 1.165) is 12.2 Å². The van der Waals surface area contributed by atoms with Crippen LogP contribution < -0.4 is 10.1 Å². The summed E-state index contributed by atoms with van der Waals surface area (Å²) in [4.78, 5) is 12.1. The predicted molar refractivity (Wildman–Crippen MR) is 102 cm³/mol. The summed E-state index contributed by atoms with van der Waals surface area (Å²) < 4.78 is 5.70. The molecular formula is C20H32N2O3. The Balaban J connectivity index is 2.29. The molecule has 1 unspecified atom stereocenters. The van der Waals surface area contributed by atoms with E-state index in [1.54, 1.807) is 31.2 Å². The van der Waals surface area contributed by atoms with Gasteiger partial charge in [0.25, 0.3) is 5.91 Å². The van der Waals surface area contributed by atoms with Crippen molar-refractivity contribution in [1.29, 1.82) is 5.41 Å². The van der Waals surface area contributed by atoms with Crippen LogP contribution in [-0.2, 0) is 0 Å². The molecule has 0 saturated carbocycles. The number of unbranched alkanes of at least 4 members (excludes halogenated alkanes) is 6. The molecule has 1 rings (SSSR count). The summed E-state index contributed by atoms with van der Waals surface area (Å²) in [5.41, 5.74) is 0.716. The van der Waals surface area contributed by atoms with Gasteiger partial charge in [-0.25, -0.2) is 0 Å². The van der Waals surface area contributed by atoms with E-state index in [1.165, 1.54) is 38.5 Å². The van der Waals surface area contributed by atoms with Crippen LogP contribution in [0.5, 0.6) is 5.75 Å². The van der Waals surface area contributed by atoms with Gasteiger partial charge in [0.1, 0.15) is 5.75 Å². The normalized spacial score (nSPS) is 11.8. The van der Waals surface area contributed by atoms with E-state index in [9.17, 15) is 4.79 Å². The highest BCUT2D eigenvalue weighted by atomic mass is 16.5. The van der Waals surface area contributed by atoms with Crippen molar-refractivity contribution in [2.24, 2.45) is 0 Å². The molecule has 1 atom stereocenters. The first kappa shape index (κ1) is 21.2. The van der Waals surface area contributed by atoms with Crippen molar-refractivity contribution in [2.75, 3.05) is 13.2 Å². The molecule has 0 radical (unpaired) electrons. The molecule has 0 bridgehead atoms. The fourth-order valence-electron chi connectivity index (χ4n) is 2.48. The van der Waals surface area contributed by atoms with Gasteiger partial charge in [-0.05, 0) is 37.6 Å². The predicted octanol–water partition coefficient (Wildman–Crippen LogP) is 3.95. The van der Waals surface area contributed by atoms with E-state index in [1.807, 2.05) is 0 Å². The molecule has 0 aliphatic heterocycles. The third-order valence-electron chi connectivity index (χ3n) is 4.14. The van der Waals surface area contributed by atoms with Crippen LogP contribution in [0.3, 0.4) is 0 Å². The second-order valence-electron chi connectivity index (χ2n) is 6.39. The van der Waals surface area contributed by atoms with Crippen molar-refractivity contribution >= 4 is 11.6 Å². The molecule has 5 heteroatoms. The van der Waals surface area contributed by atoms with Gasteiger partial charge in [-0.1, -0.05) is 45.4 Å². The first-order valence-corrected chi connectivity index (χ1v) is 9.28. The lowest BCUT2D eigenvalue weighted by Gasteiger charge is -2.15. The fourth-order valence-corrected chi connectivity index (χ4v) is 2.48. The zero-order valence-corrected chi connectivity index (χ0v) is 15.5. The average molecular weight is 348 g/mol. The average Bonchev–Trinajstić information content (AvgIpc) is 2.62. The lowest BCUT2D eigenvalue weighted by atomic mass is 10.1. The highest BCUT2D eigenvalue weighted by molar-refractivity contribution is 5.98. The molecule has 0 heterocycles. The summed E-state index contributed by atoms with van der Waals surface area (Å²) in [5.74, 6) is 0.453. The molecule has 0 spiro atoms. The topological polar surface area (TPSA) is 82.4 Å². The van der Waals surface area contributed by atoms with Gasteiger partial charge in [-0.2, -0.15) is 0 Å². The number of nitrogens with one attached hydrogen (secondary N) is 2. The molecule has 0 saturated heterocycles. The Labute approximate surface area is 151 Å². The molecule has 0 aliphatic rings. The minimum atomic E-state index is -0.638. The number of carbonyl (C=O) groups excluding carboxylic acids is 1. The van der Waals surface area contributed by atoms with E-state index >= 15 is 0 Å². The molecular weight excluding hydrogens is 316 g/mol. The molecule has 5 nitrogen and oxygen atoms in total. The first-order chi connectivity index (χ1) is 12.1. The Morgan fingerprint density at radius 2 is 1.72 bits per heavy atom. The second-order valence-corrected chi connectivity index (χ2v) is 6.39. The Morgan fingerprint density at radius 1 is 1.12 bits per heavy atom. The minimum Gasteiger partial charge on any atom is -0.494 e. The Morgan fingerprint density at radius 3 is 2.28 bits per heavy atom. The van der Waals surface area contributed by atoms with Gasteiger partial charge in [-0.3, -0.25) is 4.79 Å². The van der Waals surface area contributed by atoms with Crippen LogP contribution in [0, 0.1) is 5.41 Å². The van der Waals surface area contributed by atoms with Gasteiger partial charge in [0, 0.05) is 11.3 Å². The maximum atomic E-state index is 12.1. The number of ether oxygens (including phenoxy) is 1. The smallest absolute Gasteiger partial charge is 0.251 e. The lowest BCUT2D eigenvalue weighted by Crippen LogP contribution is -2.42. The van der Waals surface area contributed by atoms with Gasteiger partial charge < -0.3 is 20.6 Å². The van der Waals surface area contributed by atoms with Crippen LogP contribution >= 0.6 is 0 Å². The Kier molecular flexibility index (Phi) is 10.6. The van der Waals surface area contributed by atoms with Crippen molar-refractivity contribution in [3.8, 4) is 5.75 Å². The molecule has 0 aromatic heterocycles. The van der Waals surface area contributed by atoms with E-state index in [0.29, 0.717) is 12.2 Å². The van der Waals surface area contributed by atoms with E-state index in [4.69, 9.17) is 15.3 Å². The molecule has 25 heavy (non-hydrogen) atoms. The summed E-state index contributed by atoms with van der Waals surface area (Å²) in [6.07, 6.45) is 8.74. The van der Waals surface area contributed by atoms with E-state index in [2.05, 4.69) is 12.2 Å². The molecule has 0 aliphatic carbocycles. The summed E-state index contributed by atoms with van der Waals surface area (Å²) in [7, 11) is 0. The molecule has 3 N–H and O–H groups in total. The molecule has 1 aromatic carbocycles. The number of hydrogen-bond acceptors (Lipinski definition) is 4. The maximum Gasteiger partial charge on any atom is 0.251 e. The van der Waals surface area contributed by atoms with Crippen molar-refractivity contribution in [2.45, 2.75) is 64.8 Å². The molecule has 0 fully saturated rings. The van der Waals surface area contributed by atoms with Crippen molar-refractivity contribution in [3.63, 3.8) is 0 Å².